The van der Waals surface area contributed by atoms with Crippen LogP contribution in [0, 0.1) is 0 Å². The fourth-order valence-electron chi connectivity index (χ4n) is 6.26. The monoisotopic (exact) mass is 784 g/mol. The van der Waals surface area contributed by atoms with Crippen molar-refractivity contribution in [2.75, 3.05) is 34.0 Å². The lowest BCUT2D eigenvalue weighted by molar-refractivity contribution is -0.381. The standard InChI is InChI=1S/C36H48O19/c1-16-26(42)28(44)33(55-34-29(45)27(43)21(40)15-50-34)36(51-16)54-32-30(46)35(49-11-10-18-5-8-22(47-2)20(39)12-18)52-24(14-37)31(32)53-25(41)9-6-17-4-7-19(38)23(13-17)48-3/h4-9,12-13,16,21,24,26-40,42-46H,10-11,14-15H2,1-3H3/t16-,21-,24+,26-,27-,28+,29+,30+,31+,32+,33+,34-,35+,36-/m0/s1. The highest BCUT2D eigenvalue weighted by Gasteiger charge is 2.54. The van der Waals surface area contributed by atoms with Crippen LogP contribution in [0.5, 0.6) is 23.0 Å². The molecule has 2 aromatic carbocycles. The van der Waals surface area contributed by atoms with Crippen LogP contribution in [-0.4, -0.2) is 172 Å². The van der Waals surface area contributed by atoms with Gasteiger partial charge in [0.2, 0.25) is 0 Å². The van der Waals surface area contributed by atoms with Gasteiger partial charge in [0.15, 0.2) is 48.0 Å². The number of benzene rings is 2. The molecule has 2 aromatic rings. The van der Waals surface area contributed by atoms with Gasteiger partial charge in [0.05, 0.1) is 40.1 Å². The zero-order chi connectivity index (χ0) is 40.0. The van der Waals surface area contributed by atoms with E-state index in [0.29, 0.717) is 11.1 Å². The predicted octanol–water partition coefficient (Wildman–Crippen LogP) is -1.95. The largest absolute Gasteiger partial charge is 0.504 e. The third-order valence-electron chi connectivity index (χ3n) is 9.40. The number of hydrogen-bond acceptors (Lipinski definition) is 19. The molecule has 0 bridgehead atoms. The van der Waals surface area contributed by atoms with Crippen molar-refractivity contribution in [2.24, 2.45) is 0 Å². The number of carbonyl (C=O) groups is 1. The van der Waals surface area contributed by atoms with Gasteiger partial charge < -0.3 is 88.6 Å². The van der Waals surface area contributed by atoms with Gasteiger partial charge >= 0.3 is 5.97 Å². The number of methoxy groups -OCH3 is 2. The zero-order valence-corrected chi connectivity index (χ0v) is 30.1. The summed E-state index contributed by atoms with van der Waals surface area (Å²) in [6.07, 6.45) is -19.7. The Morgan fingerprint density at radius 3 is 2.20 bits per heavy atom. The summed E-state index contributed by atoms with van der Waals surface area (Å²) in [7, 11) is 2.76. The fourth-order valence-corrected chi connectivity index (χ4v) is 6.26. The van der Waals surface area contributed by atoms with Gasteiger partial charge in [0, 0.05) is 6.08 Å². The number of aliphatic hydroxyl groups excluding tert-OH is 7. The SMILES string of the molecule is COc1ccc(CCO[C@@H]2O[C@H](CO)[C@@H](OC(=O)C=Cc3ccc(O)c(OC)c3)[C@H](O[C@@H]3O[C@@H](C)[C@H](O)[C@@H](O)[C@H]3O[C@@H]3OC[C@H](O)[C@H](O)[C@H]3O)[C@H]2O)cc1O. The molecule has 9 N–H and O–H groups in total. The number of esters is 1. The molecule has 306 valence electrons. The second-order valence-electron chi connectivity index (χ2n) is 13.2. The summed E-state index contributed by atoms with van der Waals surface area (Å²) in [6, 6.07) is 9.03. The maximum atomic E-state index is 13.2. The molecule has 0 saturated carbocycles. The van der Waals surface area contributed by atoms with E-state index in [0.717, 1.165) is 6.08 Å². The van der Waals surface area contributed by atoms with Crippen LogP contribution in [0.1, 0.15) is 18.1 Å². The normalized spacial score (nSPS) is 35.4. The number of ether oxygens (including phenoxy) is 9. The van der Waals surface area contributed by atoms with Gasteiger partial charge in [0.25, 0.3) is 0 Å². The summed E-state index contributed by atoms with van der Waals surface area (Å²) in [6.45, 7) is 0.0972. The molecule has 3 aliphatic heterocycles. The minimum atomic E-state index is -1.81. The Morgan fingerprint density at radius 2 is 1.51 bits per heavy atom. The van der Waals surface area contributed by atoms with E-state index < -0.39 is 105 Å². The molecular formula is C36H48O19. The molecule has 19 heteroatoms. The summed E-state index contributed by atoms with van der Waals surface area (Å²) in [4.78, 5) is 13.2. The van der Waals surface area contributed by atoms with E-state index in [1.54, 1.807) is 12.1 Å². The van der Waals surface area contributed by atoms with Crippen molar-refractivity contribution in [2.45, 2.75) is 99.4 Å². The van der Waals surface area contributed by atoms with Crippen LogP contribution in [0.15, 0.2) is 42.5 Å². The van der Waals surface area contributed by atoms with Crippen molar-refractivity contribution < 1.29 is 93.4 Å². The van der Waals surface area contributed by atoms with Gasteiger partial charge in [-0.25, -0.2) is 4.79 Å². The Morgan fingerprint density at radius 1 is 0.782 bits per heavy atom. The van der Waals surface area contributed by atoms with Gasteiger partial charge in [-0.15, -0.1) is 0 Å². The van der Waals surface area contributed by atoms with E-state index in [4.69, 9.17) is 42.6 Å². The minimum Gasteiger partial charge on any atom is -0.504 e. The first kappa shape index (κ1) is 42.5. The molecule has 0 spiro atoms. The van der Waals surface area contributed by atoms with Gasteiger partial charge in [-0.2, -0.15) is 0 Å². The number of hydrogen-bond donors (Lipinski definition) is 9. The first-order valence-electron chi connectivity index (χ1n) is 17.4. The van der Waals surface area contributed by atoms with Crippen molar-refractivity contribution in [3.05, 3.63) is 53.6 Å². The maximum Gasteiger partial charge on any atom is 0.331 e. The number of carbonyl (C=O) groups excluding carboxylic acids is 1. The fraction of sp³-hybridized carbons (Fsp3) is 0.583. The zero-order valence-electron chi connectivity index (χ0n) is 30.1. The quantitative estimate of drug-likeness (QED) is 0.0744. The lowest BCUT2D eigenvalue weighted by Gasteiger charge is -2.48. The average Bonchev–Trinajstić information content (AvgIpc) is 3.17. The average molecular weight is 785 g/mol. The molecule has 5 rings (SSSR count). The topological polar surface area (TPSA) is 282 Å². The second kappa shape index (κ2) is 19.0. The molecule has 0 aliphatic carbocycles. The molecule has 0 amide bonds. The van der Waals surface area contributed by atoms with E-state index in [9.17, 15) is 50.8 Å². The van der Waals surface area contributed by atoms with Gasteiger partial charge in [-0.3, -0.25) is 0 Å². The van der Waals surface area contributed by atoms with Crippen molar-refractivity contribution >= 4 is 12.0 Å². The summed E-state index contributed by atoms with van der Waals surface area (Å²) in [5, 5.41) is 94.5. The van der Waals surface area contributed by atoms with Gasteiger partial charge in [-0.05, 0) is 54.8 Å². The maximum absolute atomic E-state index is 13.2. The summed E-state index contributed by atoms with van der Waals surface area (Å²) >= 11 is 0. The molecular weight excluding hydrogens is 736 g/mol. The van der Waals surface area contributed by atoms with E-state index in [-0.39, 0.29) is 36.0 Å². The Bertz CT molecular complexity index is 1590. The summed E-state index contributed by atoms with van der Waals surface area (Å²) in [5.74, 6) is -0.805. The molecule has 0 unspecified atom stereocenters. The Kier molecular flexibility index (Phi) is 14.7. The number of phenolic OH excluding ortho intramolecular Hbond substituents is 2. The van der Waals surface area contributed by atoms with Crippen LogP contribution >= 0.6 is 0 Å². The van der Waals surface area contributed by atoms with E-state index in [1.165, 1.54) is 51.5 Å². The highest BCUT2D eigenvalue weighted by Crippen LogP contribution is 2.34. The number of aromatic hydroxyl groups is 2. The van der Waals surface area contributed by atoms with Crippen LogP contribution in [0.4, 0.5) is 0 Å². The summed E-state index contributed by atoms with van der Waals surface area (Å²) < 4.78 is 50.6. The lowest BCUT2D eigenvalue weighted by atomic mass is 9.96. The van der Waals surface area contributed by atoms with Gasteiger partial charge in [0.1, 0.15) is 54.9 Å². The molecule has 0 radical (unpaired) electrons. The van der Waals surface area contributed by atoms with E-state index in [2.05, 4.69) is 0 Å². The number of rotatable bonds is 14. The minimum absolute atomic E-state index is 0.0830. The molecule has 3 saturated heterocycles. The van der Waals surface area contributed by atoms with E-state index >= 15 is 0 Å². The summed E-state index contributed by atoms with van der Waals surface area (Å²) in [5.41, 5.74) is 1.08. The number of aliphatic hydroxyl groups is 7. The van der Waals surface area contributed by atoms with E-state index in [1.807, 2.05) is 0 Å². The van der Waals surface area contributed by atoms with Crippen LogP contribution in [0.2, 0.25) is 0 Å². The van der Waals surface area contributed by atoms with Crippen LogP contribution in [-0.2, 0) is 44.4 Å². The molecule has 3 heterocycles. The van der Waals surface area contributed by atoms with Crippen LogP contribution < -0.4 is 9.47 Å². The Balaban J connectivity index is 1.40. The van der Waals surface area contributed by atoms with Crippen molar-refractivity contribution in [3.63, 3.8) is 0 Å². The van der Waals surface area contributed by atoms with Crippen molar-refractivity contribution in [3.8, 4) is 23.0 Å². The molecule has 19 nitrogen and oxygen atoms in total. The van der Waals surface area contributed by atoms with Crippen LogP contribution in [0.3, 0.4) is 0 Å². The smallest absolute Gasteiger partial charge is 0.331 e. The highest BCUT2D eigenvalue weighted by molar-refractivity contribution is 5.87. The molecule has 0 aromatic heterocycles. The van der Waals surface area contributed by atoms with Gasteiger partial charge in [-0.1, -0.05) is 12.1 Å². The molecule has 3 aliphatic rings. The number of phenols is 2. The second-order valence-corrected chi connectivity index (χ2v) is 13.2. The Labute approximate surface area is 315 Å². The third kappa shape index (κ3) is 10.0. The Hall–Kier alpha value is -3.67. The highest BCUT2D eigenvalue weighted by atomic mass is 16.8. The first-order chi connectivity index (χ1) is 26.3. The third-order valence-corrected chi connectivity index (χ3v) is 9.40. The molecule has 55 heavy (non-hydrogen) atoms. The first-order valence-corrected chi connectivity index (χ1v) is 17.4. The van der Waals surface area contributed by atoms with Crippen molar-refractivity contribution in [1.82, 2.24) is 0 Å². The molecule has 14 atom stereocenters. The van der Waals surface area contributed by atoms with Crippen LogP contribution in [0.25, 0.3) is 6.08 Å². The lowest BCUT2D eigenvalue weighted by Crippen LogP contribution is -2.66. The predicted molar refractivity (Wildman–Crippen MR) is 183 cm³/mol. The van der Waals surface area contributed by atoms with Crippen molar-refractivity contribution in [1.29, 1.82) is 0 Å². The molecule has 3 fully saturated rings.